The van der Waals surface area contributed by atoms with Crippen LogP contribution in [-0.4, -0.2) is 51.4 Å². The van der Waals surface area contributed by atoms with E-state index in [9.17, 15) is 9.90 Å². The van der Waals surface area contributed by atoms with Gasteiger partial charge in [-0.15, -0.1) is 0 Å². The normalized spacial score (nSPS) is 23.5. The Hall–Kier alpha value is -2.70. The zero-order chi connectivity index (χ0) is 19.8. The number of hydrogen-bond donors (Lipinski definition) is 2. The van der Waals surface area contributed by atoms with E-state index in [0.717, 1.165) is 34.6 Å². The minimum absolute atomic E-state index is 0.326. The van der Waals surface area contributed by atoms with E-state index < -0.39 is 5.97 Å². The Morgan fingerprint density at radius 1 is 1.10 bits per heavy atom. The number of carboxylic acids is 1. The van der Waals surface area contributed by atoms with Crippen molar-refractivity contribution in [3.8, 4) is 0 Å². The Bertz CT molecular complexity index is 1020. The summed E-state index contributed by atoms with van der Waals surface area (Å²) in [6.07, 6.45) is 2.50. The molecule has 0 aliphatic carbocycles. The van der Waals surface area contributed by atoms with E-state index in [1.807, 2.05) is 28.9 Å². The third-order valence-corrected chi connectivity index (χ3v) is 6.44. The van der Waals surface area contributed by atoms with Crippen LogP contribution in [0, 0.1) is 5.92 Å². The number of hydrogen-bond acceptors (Lipinski definition) is 4. The maximum absolute atomic E-state index is 11.9. The highest BCUT2D eigenvalue weighted by atomic mass is 16.4. The monoisotopic (exact) mass is 390 g/mol. The Labute approximate surface area is 170 Å². The topological polar surface area (TPSA) is 70.4 Å². The van der Waals surface area contributed by atoms with Crippen LogP contribution < -0.4 is 5.32 Å². The number of aromatic carboxylic acids is 1. The van der Waals surface area contributed by atoms with Gasteiger partial charge in [0.05, 0.1) is 23.3 Å². The van der Waals surface area contributed by atoms with Gasteiger partial charge in [-0.2, -0.15) is 5.10 Å². The smallest absolute Gasteiger partial charge is 0.336 e. The van der Waals surface area contributed by atoms with Crippen LogP contribution in [0.3, 0.4) is 0 Å². The van der Waals surface area contributed by atoms with Crippen molar-refractivity contribution in [3.05, 3.63) is 65.4 Å². The molecule has 3 aromatic rings. The van der Waals surface area contributed by atoms with Crippen LogP contribution in [0.4, 0.5) is 0 Å². The molecular formula is C23H26N4O2. The van der Waals surface area contributed by atoms with Crippen molar-refractivity contribution in [2.24, 2.45) is 5.92 Å². The highest BCUT2D eigenvalue weighted by Crippen LogP contribution is 2.29. The van der Waals surface area contributed by atoms with E-state index in [-0.39, 0.29) is 0 Å². The van der Waals surface area contributed by atoms with Crippen LogP contribution >= 0.6 is 0 Å². The molecule has 2 bridgehead atoms. The Morgan fingerprint density at radius 2 is 1.90 bits per heavy atom. The van der Waals surface area contributed by atoms with Gasteiger partial charge in [0, 0.05) is 24.5 Å². The summed E-state index contributed by atoms with van der Waals surface area (Å²) in [6.45, 7) is 4.72. The van der Waals surface area contributed by atoms with Crippen molar-refractivity contribution in [2.75, 3.05) is 19.6 Å². The lowest BCUT2D eigenvalue weighted by Crippen LogP contribution is -2.55. The number of piperidine rings is 3. The van der Waals surface area contributed by atoms with Crippen molar-refractivity contribution >= 4 is 16.9 Å². The molecule has 29 heavy (non-hydrogen) atoms. The van der Waals surface area contributed by atoms with Gasteiger partial charge in [-0.25, -0.2) is 4.79 Å². The standard InChI is InChI=1S/C23H26N4O2/c28-23(29)18-7-4-8-21-22(18)19(25-27(21)14-16-5-2-1-3-6-16)13-24-20-15-26-11-9-17(20)10-12-26/h1-8,17,20,24H,9-15H2,(H,28,29). The van der Waals surface area contributed by atoms with Crippen LogP contribution in [0.15, 0.2) is 48.5 Å². The molecule has 3 saturated heterocycles. The highest BCUT2D eigenvalue weighted by Gasteiger charge is 2.34. The number of carbonyl (C=O) groups is 1. The van der Waals surface area contributed by atoms with E-state index in [1.165, 1.54) is 25.9 Å². The molecular weight excluding hydrogens is 364 g/mol. The van der Waals surface area contributed by atoms with Crippen LogP contribution in [0.25, 0.3) is 10.9 Å². The minimum atomic E-state index is -0.904. The maximum Gasteiger partial charge on any atom is 0.336 e. The molecule has 2 aromatic carbocycles. The van der Waals surface area contributed by atoms with Crippen LogP contribution in [0.2, 0.25) is 0 Å². The lowest BCUT2D eigenvalue weighted by Gasteiger charge is -2.45. The maximum atomic E-state index is 11.9. The molecule has 1 aromatic heterocycles. The molecule has 0 amide bonds. The SMILES string of the molecule is O=C(O)c1cccc2c1c(CNC1CN3CCC1CC3)nn2Cc1ccccc1. The zero-order valence-corrected chi connectivity index (χ0v) is 16.4. The first-order valence-corrected chi connectivity index (χ1v) is 10.4. The highest BCUT2D eigenvalue weighted by molar-refractivity contribution is 6.03. The Morgan fingerprint density at radius 3 is 2.59 bits per heavy atom. The first kappa shape index (κ1) is 18.3. The molecule has 6 nitrogen and oxygen atoms in total. The molecule has 6 heteroatoms. The molecule has 6 rings (SSSR count). The van der Waals surface area contributed by atoms with Crippen LogP contribution in [0.1, 0.15) is 34.5 Å². The quantitative estimate of drug-likeness (QED) is 0.677. The second-order valence-electron chi connectivity index (χ2n) is 8.22. The van der Waals surface area contributed by atoms with Gasteiger partial charge < -0.3 is 15.3 Å². The summed E-state index contributed by atoms with van der Waals surface area (Å²) < 4.78 is 1.94. The average molecular weight is 390 g/mol. The summed E-state index contributed by atoms with van der Waals surface area (Å²) >= 11 is 0. The molecule has 2 N–H and O–H groups in total. The zero-order valence-electron chi connectivity index (χ0n) is 16.4. The van der Waals surface area contributed by atoms with Gasteiger partial charge in [0.25, 0.3) is 0 Å². The van der Waals surface area contributed by atoms with E-state index in [1.54, 1.807) is 12.1 Å². The number of fused-ring (bicyclic) bond motifs is 4. The van der Waals surface area contributed by atoms with Crippen LogP contribution in [-0.2, 0) is 13.1 Å². The molecule has 3 aliphatic heterocycles. The number of benzene rings is 2. The summed E-state index contributed by atoms with van der Waals surface area (Å²) in [5.41, 5.74) is 3.17. The number of nitrogens with one attached hydrogen (secondary N) is 1. The fourth-order valence-electron chi connectivity index (χ4n) is 4.91. The fraction of sp³-hybridized carbons (Fsp3) is 0.391. The first-order chi connectivity index (χ1) is 14.2. The third-order valence-electron chi connectivity index (χ3n) is 6.44. The Kier molecular flexibility index (Phi) is 4.81. The molecule has 1 unspecified atom stereocenters. The second-order valence-corrected chi connectivity index (χ2v) is 8.22. The van der Waals surface area contributed by atoms with E-state index >= 15 is 0 Å². The molecule has 150 valence electrons. The van der Waals surface area contributed by atoms with E-state index in [0.29, 0.717) is 24.7 Å². The molecule has 1 atom stereocenters. The van der Waals surface area contributed by atoms with Gasteiger partial charge in [-0.05, 0) is 49.5 Å². The number of rotatable bonds is 6. The summed E-state index contributed by atoms with van der Waals surface area (Å²) in [5, 5.41) is 19.0. The van der Waals surface area contributed by atoms with Crippen molar-refractivity contribution in [3.63, 3.8) is 0 Å². The second kappa shape index (κ2) is 7.61. The van der Waals surface area contributed by atoms with Gasteiger partial charge in [0.15, 0.2) is 0 Å². The summed E-state index contributed by atoms with van der Waals surface area (Å²) in [5.74, 6) is -0.185. The van der Waals surface area contributed by atoms with Gasteiger partial charge in [0.2, 0.25) is 0 Å². The van der Waals surface area contributed by atoms with Gasteiger partial charge in [0.1, 0.15) is 0 Å². The molecule has 0 saturated carbocycles. The van der Waals surface area contributed by atoms with Crippen molar-refractivity contribution in [1.82, 2.24) is 20.0 Å². The lowest BCUT2D eigenvalue weighted by atomic mass is 9.84. The van der Waals surface area contributed by atoms with Gasteiger partial charge >= 0.3 is 5.97 Å². The number of carboxylic acid groups (broad SMARTS) is 1. The average Bonchev–Trinajstić information content (AvgIpc) is 3.11. The van der Waals surface area contributed by atoms with E-state index in [4.69, 9.17) is 5.10 Å². The van der Waals surface area contributed by atoms with Gasteiger partial charge in [-0.3, -0.25) is 4.68 Å². The van der Waals surface area contributed by atoms with E-state index in [2.05, 4.69) is 22.3 Å². The molecule has 4 heterocycles. The molecule has 3 fully saturated rings. The minimum Gasteiger partial charge on any atom is -0.478 e. The fourth-order valence-corrected chi connectivity index (χ4v) is 4.91. The molecule has 3 aliphatic rings. The van der Waals surface area contributed by atoms with Crippen molar-refractivity contribution in [2.45, 2.75) is 32.0 Å². The first-order valence-electron chi connectivity index (χ1n) is 10.4. The van der Waals surface area contributed by atoms with Crippen LogP contribution in [0.5, 0.6) is 0 Å². The molecule has 0 spiro atoms. The number of aromatic nitrogens is 2. The Balaban J connectivity index is 1.47. The van der Waals surface area contributed by atoms with Crippen molar-refractivity contribution < 1.29 is 9.90 Å². The predicted molar refractivity (Wildman–Crippen MR) is 112 cm³/mol. The summed E-state index contributed by atoms with van der Waals surface area (Å²) in [4.78, 5) is 14.4. The van der Waals surface area contributed by atoms with Crippen molar-refractivity contribution in [1.29, 1.82) is 0 Å². The lowest BCUT2D eigenvalue weighted by molar-refractivity contribution is 0.0698. The molecule has 0 radical (unpaired) electrons. The predicted octanol–water partition coefficient (Wildman–Crippen LogP) is 2.97. The number of nitrogens with zero attached hydrogens (tertiary/aromatic N) is 3. The summed E-state index contributed by atoms with van der Waals surface area (Å²) in [7, 11) is 0. The summed E-state index contributed by atoms with van der Waals surface area (Å²) in [6, 6.07) is 16.1. The largest absolute Gasteiger partial charge is 0.478 e. The third kappa shape index (κ3) is 3.54. The van der Waals surface area contributed by atoms with Gasteiger partial charge in [-0.1, -0.05) is 36.4 Å².